The van der Waals surface area contributed by atoms with Crippen molar-refractivity contribution in [1.82, 2.24) is 34.4 Å². The second-order valence-electron chi connectivity index (χ2n) is 20.5. The van der Waals surface area contributed by atoms with E-state index in [1.165, 1.54) is 17.3 Å². The van der Waals surface area contributed by atoms with E-state index in [4.69, 9.17) is 85.0 Å². The van der Waals surface area contributed by atoms with E-state index in [1.807, 2.05) is 83.1 Å². The maximum atomic E-state index is 13.8. The molecular formula is C59H87N19O17S4. The van der Waals surface area contributed by atoms with Crippen LogP contribution in [-0.4, -0.2) is 144 Å². The number of aryl methyl sites for hydroxylation is 8. The third-order valence-electron chi connectivity index (χ3n) is 13.5. The van der Waals surface area contributed by atoms with Crippen LogP contribution in [0.5, 0.6) is 23.0 Å². The minimum Gasteiger partial charge on any atom is -0.493 e. The van der Waals surface area contributed by atoms with E-state index in [0.717, 1.165) is 103 Å². The van der Waals surface area contributed by atoms with E-state index in [1.54, 1.807) is 83.3 Å². The van der Waals surface area contributed by atoms with Gasteiger partial charge in [0.15, 0.2) is 43.3 Å². The van der Waals surface area contributed by atoms with E-state index >= 15 is 0 Å². The monoisotopic (exact) mass is 1460 g/mol. The topological polar surface area (TPSA) is 538 Å². The SMILES string of the molecule is CCO.COc1cc2c(cc1OC)-c1cc(=Nc3c(C)cc(C)cc3C)n(CCN)c(=O)n1CC2.COc1cc2c(cc1OC)-c1cc(=Nc3c(C)cc(C)cc3C)n(CCN/C(N)=N/[N+](=O)[O-])c(=O)n1CC2.CSC(=N)N.CSC(=N)N[N+](=O)[O-].CSC(=N)N[N+](=O)[O-].O=S(=O)(O)O.[HH]. The molecule has 0 atom stereocenters. The lowest BCUT2D eigenvalue weighted by Gasteiger charge is -2.24. The number of hydrogen-bond donors (Lipinski definition) is 12. The molecule has 0 saturated carbocycles. The average molecular weight is 1460 g/mol. The summed E-state index contributed by atoms with van der Waals surface area (Å²) < 4.78 is 60.3. The second kappa shape index (κ2) is 41.4. The standard InChI is InChI=1S/C26H31N7O5.C25H30N4O3.2C2H5N3O2S.C2H6N2S.C2H6O.H2O4S.H2/c1-15-10-16(2)24(17(3)11-15)29-23-14-20-19-13-22(38-5)21(37-4)12-18(19)6-8-31(20)26(34)32(23)9-7-28-25(27)30-33(35)36;1-15-10-16(2)24(17(3)11-15)27-23-14-20-19-13-22(32-5)21(31-4)12-18(19)6-8-28(20)25(30)29(23)9-7-26;2*1-8-2(3)4-5(6)7;1-5-2(3)4;1-2-3;1-5(2,3)4;/h10-14H,6-9H2,1-5H3,(H3,27,28,30);10-14H,6-9,26H2,1-5H3;2*1H3,(H2,3,4);1H3,(H3,3,4);3H,2H2,1H3;(H2,1,2,3,4);1H. The number of guanidine groups is 1. The number of nitrogens with one attached hydrogen (secondary N) is 6. The highest BCUT2D eigenvalue weighted by Gasteiger charge is 2.25. The van der Waals surface area contributed by atoms with Gasteiger partial charge in [0, 0.05) is 70.6 Å². The molecule has 15 N–H and O–H groups in total. The zero-order chi connectivity index (χ0) is 75.2. The Morgan fingerprint density at radius 1 is 0.626 bits per heavy atom. The minimum absolute atomic E-state index is 0. The number of nitrogens with two attached hydrogens (primary N) is 3. The Hall–Kier alpha value is -9.84. The predicted octanol–water partition coefficient (Wildman–Crippen LogP) is 5.12. The van der Waals surface area contributed by atoms with Gasteiger partial charge >= 0.3 is 21.8 Å². The maximum Gasteiger partial charge on any atom is 0.394 e. The van der Waals surface area contributed by atoms with Crippen molar-refractivity contribution in [3.05, 3.63) is 167 Å². The molecule has 0 unspecified atom stereocenters. The summed E-state index contributed by atoms with van der Waals surface area (Å²) in [7, 11) is 1.74. The average Bonchev–Trinajstić information content (AvgIpc) is 0.759. The number of aromatic nitrogens is 4. The van der Waals surface area contributed by atoms with Crippen molar-refractivity contribution in [3.8, 4) is 45.5 Å². The van der Waals surface area contributed by atoms with Crippen molar-refractivity contribution in [2.75, 3.05) is 66.9 Å². The summed E-state index contributed by atoms with van der Waals surface area (Å²) in [5.74, 6) is 2.18. The molecule has 0 spiro atoms. The molecule has 0 radical (unpaired) electrons. The van der Waals surface area contributed by atoms with Crippen molar-refractivity contribution in [2.45, 2.75) is 87.5 Å². The number of rotatable bonds is 14. The number of nitrogens with zero attached hydrogens (tertiary/aromatic N) is 10. The molecule has 36 nitrogen and oxygen atoms in total. The molecule has 0 saturated heterocycles. The van der Waals surface area contributed by atoms with Gasteiger partial charge in [-0.3, -0.25) is 43.6 Å². The Labute approximate surface area is 584 Å². The van der Waals surface area contributed by atoms with Gasteiger partial charge in [-0.1, -0.05) is 81.5 Å². The van der Waals surface area contributed by atoms with Crippen LogP contribution in [0.4, 0.5) is 11.4 Å². The lowest BCUT2D eigenvalue weighted by atomic mass is 9.97. The lowest BCUT2D eigenvalue weighted by Crippen LogP contribution is -2.45. The number of benzene rings is 4. The van der Waals surface area contributed by atoms with Gasteiger partial charge in [-0.2, -0.15) is 8.42 Å². The first-order chi connectivity index (χ1) is 46.5. The molecule has 2 aromatic heterocycles. The third-order valence-corrected chi connectivity index (χ3v) is 14.9. The fourth-order valence-electron chi connectivity index (χ4n) is 9.66. The molecule has 6 aromatic rings. The number of thioether (sulfide) groups is 3. The molecule has 4 heterocycles. The lowest BCUT2D eigenvalue weighted by molar-refractivity contribution is -0.524. The zero-order valence-corrected chi connectivity index (χ0v) is 60.3. The Bertz CT molecular complexity index is 4240. The number of hydrazone groups is 1. The highest BCUT2D eigenvalue weighted by Crippen LogP contribution is 2.39. The van der Waals surface area contributed by atoms with Gasteiger partial charge in [0.2, 0.25) is 10.3 Å². The number of ether oxygens (including phenoxy) is 4. The van der Waals surface area contributed by atoms with E-state index in [2.05, 4.69) is 29.5 Å². The number of hydrazine groups is 2. The highest BCUT2D eigenvalue weighted by atomic mass is 32.3. The fraction of sp³-hybridized carbons (Fsp3) is 0.390. The van der Waals surface area contributed by atoms with Gasteiger partial charge in [0.25, 0.3) is 5.96 Å². The number of fused-ring (bicyclic) bond motifs is 6. The molecule has 2 aliphatic heterocycles. The van der Waals surface area contributed by atoms with Gasteiger partial charge in [-0.25, -0.2) is 49.9 Å². The summed E-state index contributed by atoms with van der Waals surface area (Å²) in [5, 5.41) is 60.2. The summed E-state index contributed by atoms with van der Waals surface area (Å²) in [6, 6.07) is 19.9. The number of aliphatic hydroxyl groups is 1. The van der Waals surface area contributed by atoms with Gasteiger partial charge in [0.1, 0.15) is 16.1 Å². The smallest absolute Gasteiger partial charge is 0.394 e. The predicted molar refractivity (Wildman–Crippen MR) is 387 cm³/mol. The van der Waals surface area contributed by atoms with Crippen LogP contribution >= 0.6 is 35.3 Å². The first kappa shape index (κ1) is 85.2. The first-order valence-electron chi connectivity index (χ1n) is 29.2. The van der Waals surface area contributed by atoms with Crippen molar-refractivity contribution >= 4 is 78.5 Å². The van der Waals surface area contributed by atoms with E-state index in [9.17, 15) is 39.9 Å². The van der Waals surface area contributed by atoms with Crippen molar-refractivity contribution < 1.29 is 58.1 Å². The van der Waals surface area contributed by atoms with Crippen LogP contribution in [0.1, 0.15) is 52.9 Å². The zero-order valence-electron chi connectivity index (χ0n) is 57.0. The van der Waals surface area contributed by atoms with Gasteiger partial charge in [-0.05, 0) is 138 Å². The van der Waals surface area contributed by atoms with Crippen LogP contribution in [0, 0.1) is 88.1 Å². The summed E-state index contributed by atoms with van der Waals surface area (Å²) in [4.78, 5) is 66.8. The van der Waals surface area contributed by atoms with Crippen molar-refractivity contribution in [3.63, 3.8) is 0 Å². The molecule has 2 aliphatic rings. The molecule has 0 bridgehead atoms. The molecule has 4 aromatic carbocycles. The number of aliphatic hydroxyl groups excluding tert-OH is 1. The van der Waals surface area contributed by atoms with Gasteiger partial charge in [0.05, 0.1) is 51.2 Å². The van der Waals surface area contributed by atoms with Crippen molar-refractivity contribution in [2.24, 2.45) is 32.3 Å². The highest BCUT2D eigenvalue weighted by molar-refractivity contribution is 8.13. The second-order valence-corrected chi connectivity index (χ2v) is 23.8. The van der Waals surface area contributed by atoms with Crippen LogP contribution in [0.15, 0.2) is 85.3 Å². The number of methoxy groups -OCH3 is 4. The third kappa shape index (κ3) is 27.2. The summed E-state index contributed by atoms with van der Waals surface area (Å²) in [6.45, 7) is 16.2. The first-order valence-corrected chi connectivity index (χ1v) is 34.2. The molecule has 0 amide bonds. The Morgan fingerprint density at radius 3 is 1.22 bits per heavy atom. The van der Waals surface area contributed by atoms with E-state index in [0.29, 0.717) is 66.6 Å². The summed E-state index contributed by atoms with van der Waals surface area (Å²) in [6.07, 6.45) is 6.30. The normalized spacial score (nSPS) is 11.7. The number of hydrogen-bond acceptors (Lipinski definition) is 24. The van der Waals surface area contributed by atoms with Crippen molar-refractivity contribution in [1.29, 1.82) is 16.2 Å². The van der Waals surface area contributed by atoms with Crippen LogP contribution in [0.3, 0.4) is 0 Å². The van der Waals surface area contributed by atoms with Crippen LogP contribution < -0.4 is 74.7 Å². The molecule has 40 heteroatoms. The van der Waals surface area contributed by atoms with Crippen LogP contribution in [-0.2, 0) is 49.4 Å². The molecule has 0 aliphatic carbocycles. The molecule has 8 rings (SSSR count). The number of amidine groups is 3. The van der Waals surface area contributed by atoms with Gasteiger partial charge in [-0.15, -0.1) is 0 Å². The molecule has 99 heavy (non-hydrogen) atoms. The number of nitro groups is 3. The quantitative estimate of drug-likeness (QED) is 0.0221. The van der Waals surface area contributed by atoms with Crippen LogP contribution in [0.25, 0.3) is 22.5 Å². The summed E-state index contributed by atoms with van der Waals surface area (Å²) in [5.41, 5.74) is 33.9. The largest absolute Gasteiger partial charge is 0.493 e. The van der Waals surface area contributed by atoms with Gasteiger partial charge < -0.3 is 46.6 Å². The van der Waals surface area contributed by atoms with E-state index in [-0.39, 0.29) is 54.0 Å². The summed E-state index contributed by atoms with van der Waals surface area (Å²) >= 11 is 3.21. The molecule has 0 fully saturated rings. The van der Waals surface area contributed by atoms with Crippen LogP contribution in [0.2, 0.25) is 0 Å². The Kier molecular flexibility index (Phi) is 35.7. The Balaban J connectivity index is 0.000000716. The molecular weight excluding hydrogens is 1380 g/mol. The van der Waals surface area contributed by atoms with E-state index < -0.39 is 25.5 Å². The Morgan fingerprint density at radius 2 is 0.949 bits per heavy atom. The molecule has 544 valence electrons. The maximum absolute atomic E-state index is 13.8. The minimum atomic E-state index is -4.67. The fourth-order valence-corrected chi connectivity index (χ4v) is 9.99.